The third kappa shape index (κ3) is 3.56. The number of likely N-dealkylation sites (N-methyl/N-ethyl adjacent to an activating group) is 1. The van der Waals surface area contributed by atoms with Crippen LogP contribution in [0.3, 0.4) is 0 Å². The lowest BCUT2D eigenvalue weighted by Gasteiger charge is -2.34. The van der Waals surface area contributed by atoms with Crippen LogP contribution in [-0.4, -0.2) is 31.1 Å². The molecule has 0 spiro atoms. The Morgan fingerprint density at radius 2 is 2.39 bits per heavy atom. The van der Waals surface area contributed by atoms with Crippen LogP contribution in [0.1, 0.15) is 44.0 Å². The van der Waals surface area contributed by atoms with E-state index in [2.05, 4.69) is 48.6 Å². The Bertz CT molecular complexity index is 336. The summed E-state index contributed by atoms with van der Waals surface area (Å²) in [6.07, 6.45) is 4.04. The molecule has 0 amide bonds. The van der Waals surface area contributed by atoms with E-state index in [0.29, 0.717) is 12.1 Å². The highest BCUT2D eigenvalue weighted by atomic mass is 32.1. The molecule has 2 nitrogen and oxygen atoms in total. The smallest absolute Gasteiger partial charge is 0.0410 e. The second kappa shape index (κ2) is 6.69. The molecule has 1 aliphatic rings. The summed E-state index contributed by atoms with van der Waals surface area (Å²) in [4.78, 5) is 3.96. The summed E-state index contributed by atoms with van der Waals surface area (Å²) in [5, 5.41) is 5.85. The van der Waals surface area contributed by atoms with Gasteiger partial charge in [-0.2, -0.15) is 0 Å². The molecule has 2 rings (SSSR count). The molecule has 1 aromatic rings. The number of nitrogens with one attached hydrogen (secondary N) is 1. The van der Waals surface area contributed by atoms with Crippen LogP contribution >= 0.6 is 11.3 Å². The van der Waals surface area contributed by atoms with Crippen LogP contribution in [0.15, 0.2) is 17.5 Å². The van der Waals surface area contributed by atoms with E-state index in [0.717, 1.165) is 12.5 Å². The van der Waals surface area contributed by atoms with Crippen LogP contribution in [0.5, 0.6) is 0 Å². The monoisotopic (exact) mass is 266 g/mol. The lowest BCUT2D eigenvalue weighted by molar-refractivity contribution is 0.193. The molecule has 0 radical (unpaired) electrons. The van der Waals surface area contributed by atoms with Crippen LogP contribution in [0.2, 0.25) is 0 Å². The summed E-state index contributed by atoms with van der Waals surface area (Å²) >= 11 is 1.86. The predicted molar refractivity (Wildman–Crippen MR) is 80.2 cm³/mol. The Kier molecular flexibility index (Phi) is 5.22. The van der Waals surface area contributed by atoms with E-state index in [9.17, 15) is 0 Å². The molecule has 3 unspecified atom stereocenters. The Morgan fingerprint density at radius 3 is 3.06 bits per heavy atom. The summed E-state index contributed by atoms with van der Waals surface area (Å²) in [7, 11) is 2.25. The topological polar surface area (TPSA) is 15.3 Å². The van der Waals surface area contributed by atoms with Gasteiger partial charge in [0.15, 0.2) is 0 Å². The second-order valence-electron chi connectivity index (χ2n) is 5.58. The van der Waals surface area contributed by atoms with Gasteiger partial charge in [0.25, 0.3) is 0 Å². The summed E-state index contributed by atoms with van der Waals surface area (Å²) < 4.78 is 0. The molecule has 0 saturated carbocycles. The minimum Gasteiger partial charge on any atom is -0.313 e. The highest BCUT2D eigenvalue weighted by Crippen LogP contribution is 2.25. The fraction of sp³-hybridized carbons (Fsp3) is 0.733. The third-order valence-electron chi connectivity index (χ3n) is 4.31. The molecule has 1 fully saturated rings. The van der Waals surface area contributed by atoms with Crippen molar-refractivity contribution in [1.29, 1.82) is 0 Å². The van der Waals surface area contributed by atoms with E-state index in [4.69, 9.17) is 0 Å². The van der Waals surface area contributed by atoms with Gasteiger partial charge in [-0.05, 0) is 50.7 Å². The van der Waals surface area contributed by atoms with Crippen LogP contribution < -0.4 is 5.32 Å². The highest BCUT2D eigenvalue weighted by molar-refractivity contribution is 7.10. The van der Waals surface area contributed by atoms with Crippen molar-refractivity contribution < 1.29 is 0 Å². The van der Waals surface area contributed by atoms with Crippen LogP contribution in [0.25, 0.3) is 0 Å². The first-order chi connectivity index (χ1) is 8.70. The molecular formula is C15H26N2S. The molecule has 18 heavy (non-hydrogen) atoms. The number of rotatable bonds is 5. The van der Waals surface area contributed by atoms with Crippen LogP contribution in [0.4, 0.5) is 0 Å². The van der Waals surface area contributed by atoms with Gasteiger partial charge in [0.1, 0.15) is 0 Å². The van der Waals surface area contributed by atoms with Crippen molar-refractivity contribution in [3.8, 4) is 0 Å². The van der Waals surface area contributed by atoms with E-state index in [1.807, 2.05) is 11.3 Å². The molecule has 1 saturated heterocycles. The maximum absolute atomic E-state index is 3.68. The van der Waals surface area contributed by atoms with Crippen molar-refractivity contribution in [2.45, 2.75) is 45.2 Å². The summed E-state index contributed by atoms with van der Waals surface area (Å²) in [5.41, 5.74) is 0. The number of thiophene rings is 1. The van der Waals surface area contributed by atoms with Crippen molar-refractivity contribution in [2.24, 2.45) is 5.92 Å². The van der Waals surface area contributed by atoms with Gasteiger partial charge in [0.2, 0.25) is 0 Å². The summed E-state index contributed by atoms with van der Waals surface area (Å²) in [5.74, 6) is 0.932. The van der Waals surface area contributed by atoms with Gasteiger partial charge >= 0.3 is 0 Å². The molecule has 3 atom stereocenters. The van der Waals surface area contributed by atoms with Gasteiger partial charge in [-0.1, -0.05) is 19.4 Å². The Labute approximate surface area is 115 Å². The first kappa shape index (κ1) is 14.0. The molecule has 1 aromatic heterocycles. The summed E-state index contributed by atoms with van der Waals surface area (Å²) in [6, 6.07) is 5.61. The van der Waals surface area contributed by atoms with Crippen molar-refractivity contribution in [3.63, 3.8) is 0 Å². The average Bonchev–Trinajstić information content (AvgIpc) is 2.92. The van der Waals surface area contributed by atoms with Gasteiger partial charge in [-0.15, -0.1) is 11.3 Å². The zero-order valence-electron chi connectivity index (χ0n) is 11.9. The van der Waals surface area contributed by atoms with Crippen LogP contribution in [-0.2, 0) is 0 Å². The zero-order valence-corrected chi connectivity index (χ0v) is 12.7. The molecule has 0 aliphatic carbocycles. The largest absolute Gasteiger partial charge is 0.313 e. The molecule has 3 heteroatoms. The van der Waals surface area contributed by atoms with Gasteiger partial charge < -0.3 is 5.32 Å². The van der Waals surface area contributed by atoms with E-state index in [1.54, 1.807) is 0 Å². The van der Waals surface area contributed by atoms with Crippen molar-refractivity contribution in [3.05, 3.63) is 22.4 Å². The zero-order chi connectivity index (χ0) is 13.0. The standard InChI is InChI=1S/C15H26N2S/c1-4-13-7-8-16-14(10-13)11-17(3)12(2)15-6-5-9-18-15/h5-6,9,12-14,16H,4,7-8,10-11H2,1-3H3. The fourth-order valence-electron chi connectivity index (χ4n) is 2.86. The molecular weight excluding hydrogens is 240 g/mol. The van der Waals surface area contributed by atoms with E-state index in [1.165, 1.54) is 30.7 Å². The number of nitrogens with zero attached hydrogens (tertiary/aromatic N) is 1. The predicted octanol–water partition coefficient (Wildman–Crippen LogP) is 3.52. The fourth-order valence-corrected chi connectivity index (χ4v) is 3.71. The lowest BCUT2D eigenvalue weighted by atomic mass is 9.90. The van der Waals surface area contributed by atoms with E-state index >= 15 is 0 Å². The maximum Gasteiger partial charge on any atom is 0.0410 e. The number of hydrogen-bond donors (Lipinski definition) is 1. The molecule has 0 bridgehead atoms. The van der Waals surface area contributed by atoms with Crippen molar-refractivity contribution in [2.75, 3.05) is 20.1 Å². The van der Waals surface area contributed by atoms with E-state index < -0.39 is 0 Å². The SMILES string of the molecule is CCC1CCNC(CN(C)C(C)c2cccs2)C1. The Hall–Kier alpha value is -0.380. The Balaban J connectivity index is 1.85. The first-order valence-electron chi connectivity index (χ1n) is 7.17. The normalized spacial score (nSPS) is 26.4. The van der Waals surface area contributed by atoms with Crippen molar-refractivity contribution in [1.82, 2.24) is 10.2 Å². The van der Waals surface area contributed by atoms with Gasteiger partial charge in [0, 0.05) is 23.5 Å². The van der Waals surface area contributed by atoms with Crippen molar-refractivity contribution >= 4 is 11.3 Å². The Morgan fingerprint density at radius 1 is 1.56 bits per heavy atom. The molecule has 0 aromatic carbocycles. The van der Waals surface area contributed by atoms with Gasteiger partial charge in [-0.25, -0.2) is 0 Å². The maximum atomic E-state index is 3.68. The van der Waals surface area contributed by atoms with Gasteiger partial charge in [0.05, 0.1) is 0 Å². The average molecular weight is 266 g/mol. The number of hydrogen-bond acceptors (Lipinski definition) is 3. The minimum atomic E-state index is 0.536. The quantitative estimate of drug-likeness (QED) is 0.877. The molecule has 1 aliphatic heterocycles. The number of piperidine rings is 1. The van der Waals surface area contributed by atoms with Crippen LogP contribution in [0, 0.1) is 5.92 Å². The first-order valence-corrected chi connectivity index (χ1v) is 8.05. The third-order valence-corrected chi connectivity index (χ3v) is 5.35. The van der Waals surface area contributed by atoms with Gasteiger partial charge in [-0.3, -0.25) is 4.90 Å². The second-order valence-corrected chi connectivity index (χ2v) is 6.56. The minimum absolute atomic E-state index is 0.536. The van der Waals surface area contributed by atoms with E-state index in [-0.39, 0.29) is 0 Å². The summed E-state index contributed by atoms with van der Waals surface area (Å²) in [6.45, 7) is 7.00. The molecule has 1 N–H and O–H groups in total. The molecule has 102 valence electrons. The lowest BCUT2D eigenvalue weighted by Crippen LogP contribution is -2.45. The molecule has 2 heterocycles. The highest BCUT2D eigenvalue weighted by Gasteiger charge is 2.23.